The summed E-state index contributed by atoms with van der Waals surface area (Å²) in [6.07, 6.45) is -5.07. The maximum Gasteiger partial charge on any atom is 0.419 e. The van der Waals surface area contributed by atoms with E-state index in [0.717, 1.165) is 6.07 Å². The van der Waals surface area contributed by atoms with Crippen molar-refractivity contribution < 1.29 is 35.9 Å². The number of hydrogen-bond acceptors (Lipinski definition) is 3. The maximum absolute atomic E-state index is 13.7. The van der Waals surface area contributed by atoms with Crippen LogP contribution in [0.25, 0.3) is 0 Å². The lowest BCUT2D eigenvalue weighted by Gasteiger charge is -2.23. The van der Waals surface area contributed by atoms with Crippen molar-refractivity contribution in [3.63, 3.8) is 0 Å². The maximum atomic E-state index is 13.7. The molecule has 0 saturated carbocycles. The number of alkyl halides is 5. The van der Waals surface area contributed by atoms with Crippen LogP contribution in [0.2, 0.25) is 0 Å². The number of rotatable bonds is 4. The molecule has 0 saturated heterocycles. The van der Waals surface area contributed by atoms with E-state index in [1.54, 1.807) is 0 Å². The minimum absolute atomic E-state index is 0. The van der Waals surface area contributed by atoms with Crippen molar-refractivity contribution in [1.82, 2.24) is 0 Å². The lowest BCUT2D eigenvalue weighted by molar-refractivity contribution is -0.175. The third-order valence-corrected chi connectivity index (χ3v) is 2.61. The van der Waals surface area contributed by atoms with Crippen molar-refractivity contribution in [2.24, 2.45) is 5.73 Å². The normalized spacial score (nSPS) is 13.3. The predicted molar refractivity (Wildman–Crippen MR) is 67.2 cm³/mol. The molecule has 0 aliphatic heterocycles. The monoisotopic (exact) mass is 351 g/mol. The summed E-state index contributed by atoms with van der Waals surface area (Å²) < 4.78 is 82.6. The average Bonchev–Trinajstić information content (AvgIpc) is 2.37. The molecule has 22 heavy (non-hydrogen) atoms. The van der Waals surface area contributed by atoms with Crippen LogP contribution in [0.15, 0.2) is 18.2 Å². The molecular formula is C12H12ClF6NO2. The summed E-state index contributed by atoms with van der Waals surface area (Å²) in [5.41, 5.74) is 2.20. The van der Waals surface area contributed by atoms with Gasteiger partial charge in [0.15, 0.2) is 0 Å². The molecule has 1 aromatic carbocycles. The molecule has 0 aromatic heterocycles. The molecule has 0 aliphatic carbocycles. The molecule has 10 heteroatoms. The van der Waals surface area contributed by atoms with Gasteiger partial charge in [0.25, 0.3) is 0 Å². The Morgan fingerprint density at radius 1 is 1.27 bits per heavy atom. The van der Waals surface area contributed by atoms with Crippen molar-refractivity contribution in [2.75, 3.05) is 6.61 Å². The molecule has 0 amide bonds. The van der Waals surface area contributed by atoms with E-state index in [9.17, 15) is 31.1 Å². The van der Waals surface area contributed by atoms with Gasteiger partial charge in [0.1, 0.15) is 11.9 Å². The lowest BCUT2D eigenvalue weighted by atomic mass is 9.98. The van der Waals surface area contributed by atoms with Gasteiger partial charge in [-0.25, -0.2) is 9.18 Å². The summed E-state index contributed by atoms with van der Waals surface area (Å²) in [6, 6.07) is -0.836. The zero-order chi connectivity index (χ0) is 16.4. The third-order valence-electron chi connectivity index (χ3n) is 2.61. The second-order valence-corrected chi connectivity index (χ2v) is 4.03. The van der Waals surface area contributed by atoms with Crippen LogP contribution < -0.4 is 5.73 Å². The number of nitrogens with two attached hydrogens (primary N) is 1. The lowest BCUT2D eigenvalue weighted by Crippen LogP contribution is -2.42. The fourth-order valence-electron chi connectivity index (χ4n) is 1.56. The van der Waals surface area contributed by atoms with Gasteiger partial charge in [-0.1, -0.05) is 12.1 Å². The van der Waals surface area contributed by atoms with Gasteiger partial charge >= 0.3 is 18.1 Å². The number of halogens is 7. The van der Waals surface area contributed by atoms with Crippen molar-refractivity contribution in [3.8, 4) is 0 Å². The minimum Gasteiger partial charge on any atom is -0.462 e. The average molecular weight is 352 g/mol. The van der Waals surface area contributed by atoms with Gasteiger partial charge in [-0.2, -0.15) is 22.0 Å². The number of hydrogen-bond donors (Lipinski definition) is 1. The number of benzene rings is 1. The van der Waals surface area contributed by atoms with Gasteiger partial charge in [0.05, 0.1) is 12.2 Å². The highest BCUT2D eigenvalue weighted by Crippen LogP contribution is 2.37. The van der Waals surface area contributed by atoms with Gasteiger partial charge in [0.2, 0.25) is 0 Å². The van der Waals surface area contributed by atoms with Crippen LogP contribution in [-0.4, -0.2) is 18.5 Å². The molecule has 0 fully saturated rings. The summed E-state index contributed by atoms with van der Waals surface area (Å²) in [5.74, 6) is -8.34. The largest absolute Gasteiger partial charge is 0.462 e. The predicted octanol–water partition coefficient (Wildman–Crippen LogP) is 3.46. The van der Waals surface area contributed by atoms with Crippen molar-refractivity contribution in [1.29, 1.82) is 0 Å². The first kappa shape index (κ1) is 20.5. The molecule has 1 rings (SSSR count). The molecule has 0 radical (unpaired) electrons. The molecule has 0 spiro atoms. The highest BCUT2D eigenvalue weighted by Gasteiger charge is 2.49. The Kier molecular flexibility index (Phi) is 6.70. The SMILES string of the molecule is CCOC(=O)C(F)(F)[C@@H](N)c1cccc(C(F)(F)F)c1F.Cl. The van der Waals surface area contributed by atoms with E-state index in [0.29, 0.717) is 12.1 Å². The van der Waals surface area contributed by atoms with E-state index in [-0.39, 0.29) is 19.0 Å². The Bertz CT molecular complexity index is 535. The molecule has 0 aliphatic rings. The standard InChI is InChI=1S/C12H11F6NO2.ClH/c1-2-21-10(20)11(14,15)9(19)6-4-3-5-7(8(6)13)12(16,17)18;/h3-5,9H,2,19H2,1H3;1H/t9-;/m0./s1. The third kappa shape index (κ3) is 4.04. The number of esters is 1. The second-order valence-electron chi connectivity index (χ2n) is 4.03. The zero-order valence-corrected chi connectivity index (χ0v) is 11.9. The van der Waals surface area contributed by atoms with Crippen molar-refractivity contribution in [3.05, 3.63) is 35.1 Å². The van der Waals surface area contributed by atoms with Crippen LogP contribution in [-0.2, 0) is 15.7 Å². The van der Waals surface area contributed by atoms with Crippen LogP contribution >= 0.6 is 12.4 Å². The quantitative estimate of drug-likeness (QED) is 0.667. The topological polar surface area (TPSA) is 52.3 Å². The van der Waals surface area contributed by atoms with Crippen LogP contribution in [0.3, 0.4) is 0 Å². The second kappa shape index (κ2) is 7.19. The first-order valence-electron chi connectivity index (χ1n) is 5.69. The fraction of sp³-hybridized carbons (Fsp3) is 0.417. The molecule has 1 atom stereocenters. The Hall–Kier alpha value is -1.48. The first-order chi connectivity index (χ1) is 9.53. The van der Waals surface area contributed by atoms with Crippen LogP contribution in [0.5, 0.6) is 0 Å². The van der Waals surface area contributed by atoms with E-state index in [1.165, 1.54) is 6.92 Å². The minimum atomic E-state index is -5.07. The van der Waals surface area contributed by atoms with E-state index in [1.807, 2.05) is 0 Å². The van der Waals surface area contributed by atoms with Gasteiger partial charge in [-0.15, -0.1) is 12.4 Å². The Morgan fingerprint density at radius 2 is 1.82 bits per heavy atom. The van der Waals surface area contributed by atoms with Gasteiger partial charge in [0, 0.05) is 5.56 Å². The van der Waals surface area contributed by atoms with Crippen molar-refractivity contribution >= 4 is 18.4 Å². The first-order valence-corrected chi connectivity index (χ1v) is 5.69. The smallest absolute Gasteiger partial charge is 0.419 e. The summed E-state index contributed by atoms with van der Waals surface area (Å²) in [4.78, 5) is 11.1. The Morgan fingerprint density at radius 3 is 2.27 bits per heavy atom. The molecule has 1 aromatic rings. The van der Waals surface area contributed by atoms with E-state index in [4.69, 9.17) is 5.73 Å². The summed E-state index contributed by atoms with van der Waals surface area (Å²) in [6.45, 7) is 0.872. The molecule has 0 bridgehead atoms. The van der Waals surface area contributed by atoms with Gasteiger partial charge < -0.3 is 10.5 Å². The van der Waals surface area contributed by atoms with Gasteiger partial charge in [-0.05, 0) is 13.0 Å². The summed E-state index contributed by atoms with van der Waals surface area (Å²) >= 11 is 0. The molecule has 2 N–H and O–H groups in total. The number of carbonyl (C=O) groups excluding carboxylic acids is 1. The van der Waals surface area contributed by atoms with Crippen LogP contribution in [0.4, 0.5) is 26.3 Å². The highest BCUT2D eigenvalue weighted by molar-refractivity contribution is 5.85. The van der Waals surface area contributed by atoms with Crippen LogP contribution in [0, 0.1) is 5.82 Å². The van der Waals surface area contributed by atoms with E-state index >= 15 is 0 Å². The summed E-state index contributed by atoms with van der Waals surface area (Å²) in [7, 11) is 0. The van der Waals surface area contributed by atoms with Crippen LogP contribution in [0.1, 0.15) is 24.1 Å². The Balaban J connectivity index is 0.00000441. The highest BCUT2D eigenvalue weighted by atomic mass is 35.5. The molecule has 0 unspecified atom stereocenters. The number of ether oxygens (including phenoxy) is 1. The molecule has 0 heterocycles. The fourth-order valence-corrected chi connectivity index (χ4v) is 1.56. The van der Waals surface area contributed by atoms with Gasteiger partial charge in [-0.3, -0.25) is 0 Å². The Labute approximate surface area is 127 Å². The van der Waals surface area contributed by atoms with E-state index in [2.05, 4.69) is 4.74 Å². The molecule has 3 nitrogen and oxygen atoms in total. The molecular weight excluding hydrogens is 340 g/mol. The number of carbonyl (C=O) groups is 1. The molecule has 126 valence electrons. The van der Waals surface area contributed by atoms with E-state index < -0.39 is 41.1 Å². The summed E-state index contributed by atoms with van der Waals surface area (Å²) in [5, 5.41) is 0. The van der Waals surface area contributed by atoms with Crippen molar-refractivity contribution in [2.45, 2.75) is 25.1 Å². The zero-order valence-electron chi connectivity index (χ0n) is 11.1.